The molecule has 110 valence electrons. The molecule has 1 aliphatic heterocycles. The van der Waals surface area contributed by atoms with Gasteiger partial charge in [0.15, 0.2) is 0 Å². The third-order valence-corrected chi connectivity index (χ3v) is 4.93. The normalized spacial score (nSPS) is 29.0. The number of carbonyl (C=O) groups excluding carboxylic acids is 1. The Morgan fingerprint density at radius 3 is 2.86 bits per heavy atom. The lowest BCUT2D eigenvalue weighted by molar-refractivity contribution is -0.127. The zero-order valence-electron chi connectivity index (χ0n) is 11.6. The van der Waals surface area contributed by atoms with E-state index in [0.717, 1.165) is 12.0 Å². The van der Waals surface area contributed by atoms with Crippen LogP contribution in [0.4, 0.5) is 0 Å². The van der Waals surface area contributed by atoms with E-state index in [2.05, 4.69) is 6.08 Å². The molecule has 1 heterocycles. The monoisotopic (exact) mass is 322 g/mol. The van der Waals surface area contributed by atoms with Gasteiger partial charge in [-0.2, -0.15) is 0 Å². The molecule has 5 heteroatoms. The average Bonchev–Trinajstić information content (AvgIpc) is 2.48. The Labute approximate surface area is 134 Å². The molecule has 2 unspecified atom stereocenters. The third kappa shape index (κ3) is 2.39. The van der Waals surface area contributed by atoms with E-state index < -0.39 is 0 Å². The smallest absolute Gasteiger partial charge is 0.254 e. The van der Waals surface area contributed by atoms with E-state index in [-0.39, 0.29) is 18.0 Å². The van der Waals surface area contributed by atoms with Crippen LogP contribution in [-0.2, 0) is 4.79 Å². The Morgan fingerprint density at radius 2 is 2.10 bits per heavy atom. The minimum Gasteiger partial charge on any atom is -0.334 e. The highest BCUT2D eigenvalue weighted by Crippen LogP contribution is 2.39. The summed E-state index contributed by atoms with van der Waals surface area (Å²) in [7, 11) is 1.81. The Kier molecular flexibility index (Phi) is 3.82. The van der Waals surface area contributed by atoms with Crippen LogP contribution in [-0.4, -0.2) is 29.9 Å². The largest absolute Gasteiger partial charge is 0.334 e. The van der Waals surface area contributed by atoms with Crippen molar-refractivity contribution < 1.29 is 4.79 Å². The molecule has 21 heavy (non-hydrogen) atoms. The van der Waals surface area contributed by atoms with Gasteiger partial charge in [0.25, 0.3) is 5.91 Å². The minimum atomic E-state index is -0.305. The van der Waals surface area contributed by atoms with Crippen LogP contribution < -0.4 is 5.73 Å². The number of allylic oxidation sites excluding steroid dienone is 3. The highest BCUT2D eigenvalue weighted by Gasteiger charge is 2.35. The van der Waals surface area contributed by atoms with E-state index in [0.29, 0.717) is 27.6 Å². The lowest BCUT2D eigenvalue weighted by Crippen LogP contribution is -2.43. The predicted molar refractivity (Wildman–Crippen MR) is 85.9 cm³/mol. The summed E-state index contributed by atoms with van der Waals surface area (Å²) in [5.74, 6) is -0.0683. The second kappa shape index (κ2) is 5.48. The summed E-state index contributed by atoms with van der Waals surface area (Å²) in [5, 5.41) is 0.959. The number of fused-ring (bicyclic) bond motifs is 1. The van der Waals surface area contributed by atoms with Crippen LogP contribution in [0, 0.1) is 0 Å². The SMILES string of the molecule is CN1C(=O)C(C2=C(Cl)C(N)CC=C2Cl)=CC2=CC=CCC21. The van der Waals surface area contributed by atoms with Gasteiger partial charge in [-0.15, -0.1) is 0 Å². The van der Waals surface area contributed by atoms with Gasteiger partial charge in [-0.05, 0) is 24.5 Å². The van der Waals surface area contributed by atoms with Crippen molar-refractivity contribution in [3.63, 3.8) is 0 Å². The fourth-order valence-electron chi connectivity index (χ4n) is 2.89. The molecule has 2 N–H and O–H groups in total. The number of halogens is 2. The van der Waals surface area contributed by atoms with Gasteiger partial charge in [-0.3, -0.25) is 4.79 Å². The van der Waals surface area contributed by atoms with Crippen LogP contribution >= 0.6 is 23.2 Å². The molecule has 0 aromatic carbocycles. The number of nitrogens with two attached hydrogens (primary N) is 1. The van der Waals surface area contributed by atoms with Crippen molar-refractivity contribution in [2.75, 3.05) is 7.05 Å². The maximum atomic E-state index is 12.7. The number of hydrogen-bond donors (Lipinski definition) is 1. The van der Waals surface area contributed by atoms with E-state index in [1.807, 2.05) is 31.4 Å². The zero-order valence-corrected chi connectivity index (χ0v) is 13.2. The lowest BCUT2D eigenvalue weighted by Gasteiger charge is -2.36. The van der Waals surface area contributed by atoms with Crippen LogP contribution in [0.2, 0.25) is 0 Å². The summed E-state index contributed by atoms with van der Waals surface area (Å²) in [6.07, 6.45) is 11.2. The third-order valence-electron chi connectivity index (χ3n) is 4.12. The number of likely N-dealkylation sites (N-methyl/N-ethyl adjacent to an activating group) is 1. The minimum absolute atomic E-state index is 0.0683. The number of rotatable bonds is 1. The van der Waals surface area contributed by atoms with Crippen molar-refractivity contribution in [2.24, 2.45) is 5.73 Å². The fourth-order valence-corrected chi connectivity index (χ4v) is 3.53. The number of amides is 1. The Balaban J connectivity index is 2.13. The number of carbonyl (C=O) groups is 1. The van der Waals surface area contributed by atoms with Crippen molar-refractivity contribution in [1.82, 2.24) is 4.90 Å². The molecule has 0 saturated carbocycles. The molecule has 0 aromatic heterocycles. The average molecular weight is 323 g/mol. The Bertz CT molecular complexity index is 655. The van der Waals surface area contributed by atoms with Crippen molar-refractivity contribution in [2.45, 2.75) is 24.9 Å². The standard InChI is InChI=1S/C16H16Cl2N2O/c1-20-13-5-3-2-4-9(13)8-10(16(20)21)14-11(17)6-7-12(19)15(14)18/h2-4,6,8,12-13H,5,7,19H2,1H3. The molecule has 3 rings (SSSR count). The quantitative estimate of drug-likeness (QED) is 0.806. The first kappa shape index (κ1) is 14.6. The lowest BCUT2D eigenvalue weighted by atomic mass is 9.86. The van der Waals surface area contributed by atoms with Crippen molar-refractivity contribution in [3.8, 4) is 0 Å². The second-order valence-corrected chi connectivity index (χ2v) is 6.25. The van der Waals surface area contributed by atoms with Crippen molar-refractivity contribution >= 4 is 29.1 Å². The van der Waals surface area contributed by atoms with Crippen molar-refractivity contribution in [3.05, 3.63) is 57.2 Å². The van der Waals surface area contributed by atoms with E-state index in [1.165, 1.54) is 0 Å². The van der Waals surface area contributed by atoms with E-state index in [1.54, 1.807) is 4.90 Å². The van der Waals surface area contributed by atoms with E-state index >= 15 is 0 Å². The molecule has 0 bridgehead atoms. The topological polar surface area (TPSA) is 46.3 Å². The van der Waals surface area contributed by atoms with Crippen LogP contribution in [0.1, 0.15) is 12.8 Å². The highest BCUT2D eigenvalue weighted by molar-refractivity contribution is 6.38. The highest BCUT2D eigenvalue weighted by atomic mass is 35.5. The molecule has 3 nitrogen and oxygen atoms in total. The van der Waals surface area contributed by atoms with Gasteiger partial charge in [-0.1, -0.05) is 47.5 Å². The van der Waals surface area contributed by atoms with E-state index in [4.69, 9.17) is 28.9 Å². The summed E-state index contributed by atoms with van der Waals surface area (Å²) in [5.41, 5.74) is 8.17. The molecule has 0 fully saturated rings. The molecular weight excluding hydrogens is 307 g/mol. The maximum Gasteiger partial charge on any atom is 0.254 e. The molecule has 3 aliphatic rings. The van der Waals surface area contributed by atoms with Gasteiger partial charge in [0, 0.05) is 34.3 Å². The first-order chi connectivity index (χ1) is 10.0. The zero-order chi connectivity index (χ0) is 15.1. The van der Waals surface area contributed by atoms with Gasteiger partial charge in [0.05, 0.1) is 6.04 Å². The Morgan fingerprint density at radius 1 is 1.33 bits per heavy atom. The van der Waals surface area contributed by atoms with Gasteiger partial charge >= 0.3 is 0 Å². The summed E-state index contributed by atoms with van der Waals surface area (Å²) >= 11 is 12.6. The van der Waals surface area contributed by atoms with Gasteiger partial charge < -0.3 is 10.6 Å². The molecule has 2 aliphatic carbocycles. The summed E-state index contributed by atoms with van der Waals surface area (Å²) < 4.78 is 0. The van der Waals surface area contributed by atoms with Crippen LogP contribution in [0.15, 0.2) is 57.2 Å². The fraction of sp³-hybridized carbons (Fsp3) is 0.312. The van der Waals surface area contributed by atoms with Gasteiger partial charge in [0.1, 0.15) is 0 Å². The maximum absolute atomic E-state index is 12.7. The molecular formula is C16H16Cl2N2O. The number of hydrogen-bond acceptors (Lipinski definition) is 2. The predicted octanol–water partition coefficient (Wildman–Crippen LogP) is 2.99. The van der Waals surface area contributed by atoms with E-state index in [9.17, 15) is 4.79 Å². The second-order valence-electron chi connectivity index (χ2n) is 5.44. The van der Waals surface area contributed by atoms with Crippen LogP contribution in [0.3, 0.4) is 0 Å². The van der Waals surface area contributed by atoms with Crippen molar-refractivity contribution in [1.29, 1.82) is 0 Å². The van der Waals surface area contributed by atoms with Crippen LogP contribution in [0.25, 0.3) is 0 Å². The van der Waals surface area contributed by atoms with Gasteiger partial charge in [-0.25, -0.2) is 0 Å². The summed E-state index contributed by atoms with van der Waals surface area (Å²) in [6, 6.07) is -0.216. The van der Waals surface area contributed by atoms with Gasteiger partial charge in [0.2, 0.25) is 0 Å². The first-order valence-electron chi connectivity index (χ1n) is 6.88. The first-order valence-corrected chi connectivity index (χ1v) is 7.63. The summed E-state index contributed by atoms with van der Waals surface area (Å²) in [6.45, 7) is 0. The van der Waals surface area contributed by atoms with Crippen LogP contribution in [0.5, 0.6) is 0 Å². The Hall–Kier alpha value is -1.29. The number of nitrogens with zero attached hydrogens (tertiary/aromatic N) is 1. The summed E-state index contributed by atoms with van der Waals surface area (Å²) in [4.78, 5) is 14.4. The molecule has 0 spiro atoms. The molecule has 2 atom stereocenters. The molecule has 0 radical (unpaired) electrons. The molecule has 0 aromatic rings. The molecule has 0 saturated heterocycles. The molecule has 1 amide bonds.